The molecule has 0 spiro atoms. The zero-order valence-corrected chi connectivity index (χ0v) is 11.8. The van der Waals surface area contributed by atoms with Crippen LogP contribution in [0.2, 0.25) is 0 Å². The molecule has 1 aromatic rings. The van der Waals surface area contributed by atoms with E-state index in [1.807, 2.05) is 13.8 Å². The third-order valence-electron chi connectivity index (χ3n) is 2.39. The first-order valence-corrected chi connectivity index (χ1v) is 6.90. The molecular weight excluding hydrogens is 250 g/mol. The Hall–Kier alpha value is -1.14. The maximum atomic E-state index is 11.2. The molecule has 0 bridgehead atoms. The molecule has 0 aliphatic rings. The van der Waals surface area contributed by atoms with Gasteiger partial charge in [-0.3, -0.25) is 0 Å². The van der Waals surface area contributed by atoms with E-state index < -0.39 is 5.97 Å². The molecule has 0 fully saturated rings. The van der Waals surface area contributed by atoms with E-state index in [-0.39, 0.29) is 11.5 Å². The lowest BCUT2D eigenvalue weighted by molar-refractivity contribution is 0.0690. The van der Waals surface area contributed by atoms with E-state index in [1.54, 1.807) is 6.92 Å². The molecule has 18 heavy (non-hydrogen) atoms. The number of thioether (sulfide) groups is 1. The Bertz CT molecular complexity index is 436. The van der Waals surface area contributed by atoms with Gasteiger partial charge in [-0.1, -0.05) is 13.8 Å². The Morgan fingerprint density at radius 1 is 1.44 bits per heavy atom. The smallest absolute Gasteiger partial charge is 0.340 e. The van der Waals surface area contributed by atoms with E-state index in [2.05, 4.69) is 9.97 Å². The van der Waals surface area contributed by atoms with E-state index in [0.29, 0.717) is 23.1 Å². The van der Waals surface area contributed by atoms with Crippen molar-refractivity contribution >= 4 is 17.7 Å². The molecule has 100 valence electrons. The topological polar surface area (TPSA) is 89.1 Å². The highest BCUT2D eigenvalue weighted by molar-refractivity contribution is 7.99. The summed E-state index contributed by atoms with van der Waals surface area (Å²) in [7, 11) is 0. The minimum atomic E-state index is -0.974. The number of nitrogens with two attached hydrogens (primary N) is 1. The number of hydrogen-bond donors (Lipinski definition) is 2. The van der Waals surface area contributed by atoms with Crippen molar-refractivity contribution in [2.45, 2.75) is 38.1 Å². The monoisotopic (exact) mass is 269 g/mol. The summed E-state index contributed by atoms with van der Waals surface area (Å²) in [4.78, 5) is 19.8. The highest BCUT2D eigenvalue weighted by atomic mass is 32.2. The summed E-state index contributed by atoms with van der Waals surface area (Å²) < 4.78 is 0. The van der Waals surface area contributed by atoms with Crippen LogP contribution in [0.4, 0.5) is 0 Å². The molecule has 6 heteroatoms. The largest absolute Gasteiger partial charge is 0.478 e. The highest BCUT2D eigenvalue weighted by Gasteiger charge is 2.19. The number of aromatic carboxylic acids is 1. The summed E-state index contributed by atoms with van der Waals surface area (Å²) in [6.45, 7) is 6.29. The van der Waals surface area contributed by atoms with Gasteiger partial charge in [-0.2, -0.15) is 0 Å². The minimum absolute atomic E-state index is 0.181. The number of carbonyl (C=O) groups is 1. The molecule has 0 saturated heterocycles. The number of aromatic nitrogens is 2. The molecule has 1 rings (SSSR count). The van der Waals surface area contributed by atoms with E-state index in [9.17, 15) is 9.90 Å². The van der Waals surface area contributed by atoms with Gasteiger partial charge in [0.05, 0.1) is 5.69 Å². The predicted octanol–water partition coefficient (Wildman–Crippen LogP) is 2.05. The Morgan fingerprint density at radius 2 is 2.11 bits per heavy atom. The van der Waals surface area contributed by atoms with Gasteiger partial charge in [0, 0.05) is 11.7 Å². The fourth-order valence-corrected chi connectivity index (χ4v) is 2.47. The van der Waals surface area contributed by atoms with Crippen LogP contribution in [0.3, 0.4) is 0 Å². The molecule has 1 aromatic heterocycles. The second kappa shape index (κ2) is 6.70. The fraction of sp³-hybridized carbons (Fsp3) is 0.583. The van der Waals surface area contributed by atoms with Crippen LogP contribution < -0.4 is 5.73 Å². The average Bonchev–Trinajstić information content (AvgIpc) is 2.27. The maximum absolute atomic E-state index is 11.2. The quantitative estimate of drug-likeness (QED) is 0.467. The molecule has 3 N–H and O–H groups in total. The summed E-state index contributed by atoms with van der Waals surface area (Å²) >= 11 is 1.43. The van der Waals surface area contributed by atoms with Gasteiger partial charge in [0.1, 0.15) is 16.4 Å². The molecule has 0 aromatic carbocycles. The molecular formula is C12H19N3O2S. The zero-order valence-electron chi connectivity index (χ0n) is 10.9. The van der Waals surface area contributed by atoms with Crippen molar-refractivity contribution in [3.05, 3.63) is 17.1 Å². The number of carboxylic acid groups (broad SMARTS) is 1. The molecule has 0 atom stereocenters. The van der Waals surface area contributed by atoms with Crippen LogP contribution in [-0.4, -0.2) is 33.3 Å². The van der Waals surface area contributed by atoms with Gasteiger partial charge in [-0.25, -0.2) is 14.8 Å². The van der Waals surface area contributed by atoms with Crippen LogP contribution in [0.25, 0.3) is 0 Å². The number of nitrogens with zero attached hydrogens (tertiary/aromatic N) is 2. The van der Waals surface area contributed by atoms with Gasteiger partial charge in [0.15, 0.2) is 0 Å². The lowest BCUT2D eigenvalue weighted by Gasteiger charge is -2.11. The van der Waals surface area contributed by atoms with Gasteiger partial charge in [-0.05, 0) is 19.9 Å². The highest BCUT2D eigenvalue weighted by Crippen LogP contribution is 2.25. The van der Waals surface area contributed by atoms with Crippen molar-refractivity contribution in [3.63, 3.8) is 0 Å². The summed E-state index contributed by atoms with van der Waals surface area (Å²) in [6, 6.07) is 0. The lowest BCUT2D eigenvalue weighted by Crippen LogP contribution is -2.11. The van der Waals surface area contributed by atoms with Crippen molar-refractivity contribution in [3.8, 4) is 0 Å². The SMILES string of the molecule is Cc1nc(C(C)C)nc(SCCCN)c1C(=O)O. The van der Waals surface area contributed by atoms with E-state index in [0.717, 1.165) is 12.2 Å². The van der Waals surface area contributed by atoms with Crippen LogP contribution in [0, 0.1) is 6.92 Å². The number of aryl methyl sites for hydroxylation is 1. The van der Waals surface area contributed by atoms with Gasteiger partial charge in [0.2, 0.25) is 0 Å². The summed E-state index contributed by atoms with van der Waals surface area (Å²) in [5.74, 6) is 0.663. The molecule has 0 saturated carbocycles. The molecule has 5 nitrogen and oxygen atoms in total. The van der Waals surface area contributed by atoms with E-state index >= 15 is 0 Å². The van der Waals surface area contributed by atoms with Crippen molar-refractivity contribution in [1.29, 1.82) is 0 Å². The Labute approximate surface area is 111 Å². The van der Waals surface area contributed by atoms with Crippen LogP contribution in [0.1, 0.15) is 48.1 Å². The fourth-order valence-electron chi connectivity index (χ4n) is 1.43. The maximum Gasteiger partial charge on any atom is 0.340 e. The minimum Gasteiger partial charge on any atom is -0.478 e. The number of rotatable bonds is 6. The Kier molecular flexibility index (Phi) is 5.55. The summed E-state index contributed by atoms with van der Waals surface area (Å²) in [5.41, 5.74) is 6.17. The van der Waals surface area contributed by atoms with E-state index in [1.165, 1.54) is 11.8 Å². The Morgan fingerprint density at radius 3 is 2.61 bits per heavy atom. The summed E-state index contributed by atoms with van der Waals surface area (Å²) in [6.07, 6.45) is 0.837. The predicted molar refractivity (Wildman–Crippen MR) is 72.2 cm³/mol. The molecule has 0 unspecified atom stereocenters. The van der Waals surface area contributed by atoms with Crippen molar-refractivity contribution in [2.75, 3.05) is 12.3 Å². The molecule has 1 heterocycles. The molecule has 0 radical (unpaired) electrons. The molecule has 0 amide bonds. The first-order valence-electron chi connectivity index (χ1n) is 5.92. The van der Waals surface area contributed by atoms with E-state index in [4.69, 9.17) is 5.73 Å². The van der Waals surface area contributed by atoms with Crippen LogP contribution in [0.5, 0.6) is 0 Å². The van der Waals surface area contributed by atoms with Crippen molar-refractivity contribution in [2.24, 2.45) is 5.73 Å². The van der Waals surface area contributed by atoms with Crippen molar-refractivity contribution in [1.82, 2.24) is 9.97 Å². The van der Waals surface area contributed by atoms with Crippen molar-refractivity contribution < 1.29 is 9.90 Å². The normalized spacial score (nSPS) is 10.9. The molecule has 0 aliphatic heterocycles. The van der Waals surface area contributed by atoms with Crippen LogP contribution in [-0.2, 0) is 0 Å². The first kappa shape index (κ1) is 14.9. The molecule has 0 aliphatic carbocycles. The second-order valence-electron chi connectivity index (χ2n) is 4.30. The zero-order chi connectivity index (χ0) is 13.7. The number of carboxylic acids is 1. The first-order chi connectivity index (χ1) is 8.47. The van der Waals surface area contributed by atoms with Gasteiger partial charge >= 0.3 is 5.97 Å². The van der Waals surface area contributed by atoms with Gasteiger partial charge in [0.25, 0.3) is 0 Å². The Balaban J connectivity index is 3.12. The summed E-state index contributed by atoms with van der Waals surface area (Å²) in [5, 5.41) is 9.76. The standard InChI is InChI=1S/C12H19N3O2S/c1-7(2)10-14-8(3)9(12(16)17)11(15-10)18-6-4-5-13/h7H,4-6,13H2,1-3H3,(H,16,17). The van der Waals surface area contributed by atoms with Gasteiger partial charge in [-0.15, -0.1) is 11.8 Å². The third-order valence-corrected chi connectivity index (χ3v) is 3.45. The van der Waals surface area contributed by atoms with Gasteiger partial charge < -0.3 is 10.8 Å². The van der Waals surface area contributed by atoms with Crippen LogP contribution >= 0.6 is 11.8 Å². The second-order valence-corrected chi connectivity index (χ2v) is 5.38. The lowest BCUT2D eigenvalue weighted by atomic mass is 10.2. The van der Waals surface area contributed by atoms with Crippen LogP contribution in [0.15, 0.2) is 5.03 Å². The average molecular weight is 269 g/mol. The third kappa shape index (κ3) is 3.68. The number of hydrogen-bond acceptors (Lipinski definition) is 5.